The van der Waals surface area contributed by atoms with Gasteiger partial charge in [-0.05, 0) is 45.1 Å². The molecule has 100 valence electrons. The molecule has 1 N–H and O–H groups in total. The minimum absolute atomic E-state index is 0.0284. The Bertz CT molecular complexity index is 383. The number of hydrogen-bond acceptors (Lipinski definition) is 3. The van der Waals surface area contributed by atoms with Gasteiger partial charge in [-0.2, -0.15) is 0 Å². The highest BCUT2D eigenvalue weighted by Crippen LogP contribution is 2.35. The van der Waals surface area contributed by atoms with Crippen molar-refractivity contribution in [3.8, 4) is 0 Å². The van der Waals surface area contributed by atoms with Gasteiger partial charge in [0.05, 0.1) is 12.0 Å². The van der Waals surface area contributed by atoms with Gasteiger partial charge in [0.1, 0.15) is 6.10 Å². The summed E-state index contributed by atoms with van der Waals surface area (Å²) in [7, 11) is 0. The lowest BCUT2D eigenvalue weighted by atomic mass is 9.84. The van der Waals surface area contributed by atoms with E-state index in [1.807, 2.05) is 13.8 Å². The Hall–Kier alpha value is -1.09. The maximum Gasteiger partial charge on any atom is 0.309 e. The molecule has 2 aliphatic rings. The van der Waals surface area contributed by atoms with Crippen LogP contribution in [0.5, 0.6) is 0 Å². The van der Waals surface area contributed by atoms with Crippen molar-refractivity contribution in [3.05, 3.63) is 23.8 Å². The Balaban J connectivity index is 2.24. The van der Waals surface area contributed by atoms with Crippen molar-refractivity contribution in [2.45, 2.75) is 51.7 Å². The standard InChI is InChI=1S/C15H22O3/c1-9(2)12-6-4-10(3)13(16)7-5-11-8-14(12)18-15(11)17/h4,11-14,16H,1,5-8H2,2-3H3/b10-4+/t11?,12-,13?,14?/m1/s1. The Kier molecular flexibility index (Phi) is 3.91. The maximum absolute atomic E-state index is 11.8. The van der Waals surface area contributed by atoms with E-state index in [0.717, 1.165) is 24.0 Å². The first kappa shape index (κ1) is 13.3. The topological polar surface area (TPSA) is 46.5 Å². The Morgan fingerprint density at radius 3 is 2.89 bits per heavy atom. The Morgan fingerprint density at radius 1 is 1.50 bits per heavy atom. The molecule has 0 aromatic rings. The predicted octanol–water partition coefficient (Wildman–Crippen LogP) is 2.60. The Morgan fingerprint density at radius 2 is 2.22 bits per heavy atom. The minimum Gasteiger partial charge on any atom is -0.461 e. The molecular weight excluding hydrogens is 228 g/mol. The van der Waals surface area contributed by atoms with Gasteiger partial charge in [0.15, 0.2) is 0 Å². The van der Waals surface area contributed by atoms with Crippen molar-refractivity contribution in [3.63, 3.8) is 0 Å². The van der Waals surface area contributed by atoms with Crippen molar-refractivity contribution >= 4 is 5.97 Å². The summed E-state index contributed by atoms with van der Waals surface area (Å²) >= 11 is 0. The second-order valence-corrected chi connectivity index (χ2v) is 5.64. The van der Waals surface area contributed by atoms with Gasteiger partial charge in [-0.1, -0.05) is 18.2 Å². The molecule has 0 aromatic carbocycles. The van der Waals surface area contributed by atoms with Crippen molar-refractivity contribution in [1.82, 2.24) is 0 Å². The third kappa shape index (κ3) is 2.66. The van der Waals surface area contributed by atoms with Gasteiger partial charge in [0.25, 0.3) is 0 Å². The summed E-state index contributed by atoms with van der Waals surface area (Å²) < 4.78 is 5.49. The van der Waals surface area contributed by atoms with Crippen LogP contribution in [0, 0.1) is 11.8 Å². The molecule has 2 bridgehead atoms. The first-order valence-electron chi connectivity index (χ1n) is 6.69. The number of carbonyl (C=O) groups is 1. The second kappa shape index (κ2) is 5.27. The summed E-state index contributed by atoms with van der Waals surface area (Å²) in [5, 5.41) is 9.99. The SMILES string of the molecule is C=C(C)[C@H]1C/C=C(\C)C(O)CCC2CC1OC2=O. The summed E-state index contributed by atoms with van der Waals surface area (Å²) in [5.74, 6) is 0.0367. The quantitative estimate of drug-likeness (QED) is 0.575. The first-order chi connectivity index (χ1) is 8.49. The lowest BCUT2D eigenvalue weighted by Crippen LogP contribution is -2.21. The van der Waals surface area contributed by atoms with E-state index in [2.05, 4.69) is 12.7 Å². The van der Waals surface area contributed by atoms with Crippen LogP contribution >= 0.6 is 0 Å². The monoisotopic (exact) mass is 250 g/mol. The maximum atomic E-state index is 11.8. The van der Waals surface area contributed by atoms with E-state index in [4.69, 9.17) is 4.74 Å². The summed E-state index contributed by atoms with van der Waals surface area (Å²) in [4.78, 5) is 11.8. The Labute approximate surface area is 109 Å². The number of hydrogen-bond donors (Lipinski definition) is 1. The fraction of sp³-hybridized carbons (Fsp3) is 0.667. The van der Waals surface area contributed by atoms with Crippen LogP contribution in [0.4, 0.5) is 0 Å². The molecule has 1 saturated heterocycles. The largest absolute Gasteiger partial charge is 0.461 e. The molecule has 0 amide bonds. The number of aliphatic hydroxyl groups is 1. The molecule has 3 unspecified atom stereocenters. The van der Waals surface area contributed by atoms with Crippen LogP contribution in [0.15, 0.2) is 23.8 Å². The van der Waals surface area contributed by atoms with Crippen LogP contribution in [-0.4, -0.2) is 23.3 Å². The van der Waals surface area contributed by atoms with Crippen molar-refractivity contribution < 1.29 is 14.6 Å². The van der Waals surface area contributed by atoms with E-state index in [-0.39, 0.29) is 23.9 Å². The predicted molar refractivity (Wildman–Crippen MR) is 69.9 cm³/mol. The number of rotatable bonds is 1. The zero-order chi connectivity index (χ0) is 13.3. The highest BCUT2D eigenvalue weighted by molar-refractivity contribution is 5.74. The fourth-order valence-electron chi connectivity index (χ4n) is 2.86. The molecule has 2 rings (SSSR count). The number of esters is 1. The molecule has 0 radical (unpaired) electrons. The third-order valence-electron chi connectivity index (χ3n) is 4.21. The van der Waals surface area contributed by atoms with Crippen molar-refractivity contribution in [2.24, 2.45) is 11.8 Å². The fourth-order valence-corrected chi connectivity index (χ4v) is 2.86. The average Bonchev–Trinajstić information content (AvgIpc) is 2.66. The molecule has 3 nitrogen and oxygen atoms in total. The van der Waals surface area contributed by atoms with Crippen LogP contribution in [-0.2, 0) is 9.53 Å². The van der Waals surface area contributed by atoms with Gasteiger partial charge in [-0.3, -0.25) is 4.79 Å². The average molecular weight is 250 g/mol. The van der Waals surface area contributed by atoms with Crippen molar-refractivity contribution in [2.75, 3.05) is 0 Å². The van der Waals surface area contributed by atoms with Crippen LogP contribution in [0.2, 0.25) is 0 Å². The lowest BCUT2D eigenvalue weighted by molar-refractivity contribution is -0.145. The molecule has 3 heteroatoms. The highest BCUT2D eigenvalue weighted by Gasteiger charge is 2.39. The summed E-state index contributed by atoms with van der Waals surface area (Å²) in [6.45, 7) is 7.94. The molecule has 1 aliphatic heterocycles. The van der Waals surface area contributed by atoms with Gasteiger partial charge in [-0.25, -0.2) is 0 Å². The van der Waals surface area contributed by atoms with E-state index in [1.54, 1.807) is 0 Å². The zero-order valence-corrected chi connectivity index (χ0v) is 11.2. The molecule has 4 atom stereocenters. The summed E-state index contributed by atoms with van der Waals surface area (Å²) in [5.41, 5.74) is 2.04. The smallest absolute Gasteiger partial charge is 0.309 e. The second-order valence-electron chi connectivity index (χ2n) is 5.64. The van der Waals surface area contributed by atoms with E-state index >= 15 is 0 Å². The molecule has 0 saturated carbocycles. The molecule has 1 heterocycles. The minimum atomic E-state index is -0.430. The first-order valence-corrected chi connectivity index (χ1v) is 6.69. The number of carbonyl (C=O) groups excluding carboxylic acids is 1. The van der Waals surface area contributed by atoms with Gasteiger partial charge in [0, 0.05) is 5.92 Å². The third-order valence-corrected chi connectivity index (χ3v) is 4.21. The number of aliphatic hydroxyl groups excluding tert-OH is 1. The van der Waals surface area contributed by atoms with E-state index in [1.165, 1.54) is 0 Å². The van der Waals surface area contributed by atoms with Gasteiger partial charge in [0.2, 0.25) is 0 Å². The highest BCUT2D eigenvalue weighted by atomic mass is 16.6. The molecule has 0 spiro atoms. The molecule has 1 fully saturated rings. The molecule has 18 heavy (non-hydrogen) atoms. The summed E-state index contributed by atoms with van der Waals surface area (Å²) in [6.07, 6.45) is 4.53. The van der Waals surface area contributed by atoms with Crippen LogP contribution in [0.1, 0.15) is 39.5 Å². The number of fused-ring (bicyclic) bond motifs is 2. The van der Waals surface area contributed by atoms with Crippen molar-refractivity contribution in [1.29, 1.82) is 0 Å². The van der Waals surface area contributed by atoms with Gasteiger partial charge >= 0.3 is 5.97 Å². The van der Waals surface area contributed by atoms with Gasteiger partial charge < -0.3 is 9.84 Å². The molecular formula is C15H22O3. The van der Waals surface area contributed by atoms with E-state index in [0.29, 0.717) is 12.8 Å². The van der Waals surface area contributed by atoms with E-state index < -0.39 is 6.10 Å². The van der Waals surface area contributed by atoms with Gasteiger partial charge in [-0.15, -0.1) is 0 Å². The zero-order valence-electron chi connectivity index (χ0n) is 11.2. The number of allylic oxidation sites excluding steroid dienone is 1. The van der Waals surface area contributed by atoms with Crippen LogP contribution < -0.4 is 0 Å². The summed E-state index contributed by atoms with van der Waals surface area (Å²) in [6, 6.07) is 0. The molecule has 0 aromatic heterocycles. The molecule has 1 aliphatic carbocycles. The number of ether oxygens (including phenoxy) is 1. The lowest BCUT2D eigenvalue weighted by Gasteiger charge is -2.23. The van der Waals surface area contributed by atoms with Crippen LogP contribution in [0.25, 0.3) is 0 Å². The van der Waals surface area contributed by atoms with E-state index in [9.17, 15) is 9.90 Å². The van der Waals surface area contributed by atoms with Crippen LogP contribution in [0.3, 0.4) is 0 Å². The normalized spacial score (nSPS) is 39.7.